The minimum absolute atomic E-state index is 0.0200. The van der Waals surface area contributed by atoms with Gasteiger partial charge in [-0.05, 0) is 89.9 Å². The number of carbonyl (C=O) groups is 1. The van der Waals surface area contributed by atoms with Gasteiger partial charge in [0.25, 0.3) is 7.82 Å². The van der Waals surface area contributed by atoms with Crippen LogP contribution >= 0.6 is 7.82 Å². The van der Waals surface area contributed by atoms with Gasteiger partial charge in [-0.3, -0.25) is 9.36 Å². The molecule has 0 aromatic rings. The summed E-state index contributed by atoms with van der Waals surface area (Å²) in [6.45, 7) is 5.27. The van der Waals surface area contributed by atoms with Gasteiger partial charge >= 0.3 is 5.97 Å². The SMILES string of the molecule is CC/C=C\C/C=C\C/C=C\C/C=C\CCCCCCCCCCCCCCC(=O)OC(COCCCCCCCCC/C=C\C/C=C\C/C=C\CCCCCCC)COP(=O)([O-])OCC[N+](C)(C)C. The average Bonchev–Trinajstić information content (AvgIpc) is 3.31. The molecule has 9 heteroatoms. The van der Waals surface area contributed by atoms with Crippen LogP contribution in [0.2, 0.25) is 0 Å². The Balaban J connectivity index is 4.12. The normalized spacial score (nSPS) is 14.1. The van der Waals surface area contributed by atoms with E-state index < -0.39 is 13.9 Å². The van der Waals surface area contributed by atoms with E-state index in [0.29, 0.717) is 24.1 Å². The lowest BCUT2D eigenvalue weighted by Gasteiger charge is -2.28. The highest BCUT2D eigenvalue weighted by molar-refractivity contribution is 7.45. The van der Waals surface area contributed by atoms with Gasteiger partial charge in [-0.25, -0.2) is 0 Å². The molecule has 0 saturated heterocycles. The number of unbranched alkanes of at least 4 members (excludes halogenated alkanes) is 24. The number of likely N-dealkylation sites (N-methyl/N-ethyl adjacent to an activating group) is 1. The summed E-state index contributed by atoms with van der Waals surface area (Å²) in [5, 5.41) is 0. The van der Waals surface area contributed by atoms with E-state index in [1.807, 2.05) is 21.1 Å². The van der Waals surface area contributed by atoms with Crippen molar-refractivity contribution in [3.63, 3.8) is 0 Å². The second-order valence-electron chi connectivity index (χ2n) is 19.9. The lowest BCUT2D eigenvalue weighted by molar-refractivity contribution is -0.870. The van der Waals surface area contributed by atoms with Crippen LogP contribution in [0.4, 0.5) is 0 Å². The van der Waals surface area contributed by atoms with Crippen molar-refractivity contribution < 1.29 is 37.3 Å². The van der Waals surface area contributed by atoms with E-state index in [0.717, 1.165) is 83.5 Å². The minimum Gasteiger partial charge on any atom is -0.756 e. The molecule has 0 spiro atoms. The second kappa shape index (κ2) is 52.0. The number of ether oxygens (including phenoxy) is 2. The van der Waals surface area contributed by atoms with Crippen LogP contribution in [0, 0.1) is 0 Å². The van der Waals surface area contributed by atoms with Crippen molar-refractivity contribution >= 4 is 13.8 Å². The summed E-state index contributed by atoms with van der Waals surface area (Å²) in [6, 6.07) is 0. The number of hydrogen-bond acceptors (Lipinski definition) is 7. The molecule has 0 fully saturated rings. The van der Waals surface area contributed by atoms with Crippen LogP contribution in [0.15, 0.2) is 85.1 Å². The van der Waals surface area contributed by atoms with Crippen molar-refractivity contribution in [1.82, 2.24) is 0 Å². The van der Waals surface area contributed by atoms with Gasteiger partial charge in [-0.1, -0.05) is 221 Å². The fourth-order valence-corrected chi connectivity index (χ4v) is 8.33. The maximum Gasteiger partial charge on any atom is 0.306 e. The number of phosphoric acid groups is 1. The molecule has 8 nitrogen and oxygen atoms in total. The fourth-order valence-electron chi connectivity index (χ4n) is 7.60. The molecular weight excluding hydrogens is 878 g/mol. The largest absolute Gasteiger partial charge is 0.756 e. The summed E-state index contributed by atoms with van der Waals surface area (Å²) in [7, 11) is 1.34. The highest BCUT2D eigenvalue weighted by Crippen LogP contribution is 2.38. The summed E-state index contributed by atoms with van der Waals surface area (Å²) >= 11 is 0. The van der Waals surface area contributed by atoms with Gasteiger partial charge in [-0.2, -0.15) is 0 Å². The molecule has 0 radical (unpaired) electrons. The number of quaternary nitrogens is 1. The zero-order valence-corrected chi connectivity index (χ0v) is 46.4. The highest BCUT2D eigenvalue weighted by Gasteiger charge is 2.20. The summed E-state index contributed by atoms with van der Waals surface area (Å²) < 4.78 is 34.8. The maximum absolute atomic E-state index is 12.8. The van der Waals surface area contributed by atoms with Crippen molar-refractivity contribution in [2.75, 3.05) is 54.1 Å². The molecule has 2 atom stereocenters. The Hall–Kier alpha value is -2.32. The third-order valence-corrected chi connectivity index (χ3v) is 12.9. The Bertz CT molecular complexity index is 1380. The maximum atomic E-state index is 12.8. The smallest absolute Gasteiger partial charge is 0.306 e. The van der Waals surface area contributed by atoms with Gasteiger partial charge in [0.1, 0.15) is 19.3 Å². The van der Waals surface area contributed by atoms with Crippen LogP contribution < -0.4 is 4.89 Å². The van der Waals surface area contributed by atoms with E-state index in [-0.39, 0.29) is 25.8 Å². The molecule has 0 bridgehead atoms. The Labute approximate surface area is 426 Å². The average molecular weight is 986 g/mol. The molecule has 0 amide bonds. The molecule has 0 aromatic heterocycles. The summed E-state index contributed by atoms with van der Waals surface area (Å²) in [5.74, 6) is -0.341. The van der Waals surface area contributed by atoms with Gasteiger partial charge in [0, 0.05) is 13.0 Å². The fraction of sp³-hybridized carbons (Fsp3) is 0.750. The van der Waals surface area contributed by atoms with Crippen molar-refractivity contribution in [2.24, 2.45) is 0 Å². The Morgan fingerprint density at radius 3 is 1.26 bits per heavy atom. The van der Waals surface area contributed by atoms with Gasteiger partial charge in [-0.15, -0.1) is 0 Å². The van der Waals surface area contributed by atoms with Crippen molar-refractivity contribution in [3.8, 4) is 0 Å². The topological polar surface area (TPSA) is 94.1 Å². The first-order valence-electron chi connectivity index (χ1n) is 28.3. The van der Waals surface area contributed by atoms with E-state index in [1.165, 1.54) is 128 Å². The first kappa shape index (κ1) is 66.7. The monoisotopic (exact) mass is 986 g/mol. The molecule has 0 heterocycles. The molecular formula is C60H108NO7P. The van der Waals surface area contributed by atoms with Crippen molar-refractivity contribution in [1.29, 1.82) is 0 Å². The van der Waals surface area contributed by atoms with Crippen LogP contribution in [-0.4, -0.2) is 70.7 Å². The Morgan fingerprint density at radius 2 is 0.841 bits per heavy atom. The molecule has 0 aromatic carbocycles. The zero-order valence-electron chi connectivity index (χ0n) is 45.5. The number of phosphoric ester groups is 1. The predicted octanol–water partition coefficient (Wildman–Crippen LogP) is 17.3. The number of hydrogen-bond donors (Lipinski definition) is 0. The summed E-state index contributed by atoms with van der Waals surface area (Å²) in [5.41, 5.74) is 0. The number of esters is 1. The first-order valence-corrected chi connectivity index (χ1v) is 29.8. The molecule has 400 valence electrons. The van der Waals surface area contributed by atoms with Gasteiger partial charge in [0.15, 0.2) is 0 Å². The number of rotatable bonds is 52. The molecule has 0 aliphatic heterocycles. The van der Waals surface area contributed by atoms with Crippen molar-refractivity contribution in [3.05, 3.63) is 85.1 Å². The van der Waals surface area contributed by atoms with Crippen LogP contribution in [0.5, 0.6) is 0 Å². The molecule has 2 unspecified atom stereocenters. The van der Waals surface area contributed by atoms with E-state index >= 15 is 0 Å². The Kier molecular flexibility index (Phi) is 50.3. The van der Waals surface area contributed by atoms with Gasteiger partial charge in [0.05, 0.1) is 34.4 Å². The third-order valence-electron chi connectivity index (χ3n) is 11.9. The standard InChI is InChI=1S/C60H108NO7P/c1-6-8-10-12-14-16-18-20-22-24-26-28-30-31-32-33-35-37-39-41-43-45-47-49-51-53-60(62)68-59(58-67-69(63,64)66-56-54-61(3,4)5)57-65-55-52-50-48-46-44-42-40-38-36-34-29-27-25-23-21-19-17-15-13-11-9-7-2/h8,10,14,16,19-22,25-28,34,36,59H,6-7,9,11-13,15,17-18,23-24,29-33,35,37-58H2,1-5H3/b10-8-,16-14-,21-19-,22-20-,27-25-,28-26-,36-34-. The molecule has 0 saturated carbocycles. The quantitative estimate of drug-likeness (QED) is 0.0197. The Morgan fingerprint density at radius 1 is 0.464 bits per heavy atom. The second-order valence-corrected chi connectivity index (χ2v) is 21.3. The van der Waals surface area contributed by atoms with Crippen LogP contribution in [-0.2, 0) is 27.9 Å². The van der Waals surface area contributed by atoms with Crippen LogP contribution in [0.3, 0.4) is 0 Å². The van der Waals surface area contributed by atoms with E-state index in [9.17, 15) is 14.3 Å². The summed E-state index contributed by atoms with van der Waals surface area (Å²) in [6.07, 6.45) is 70.4. The van der Waals surface area contributed by atoms with E-state index in [4.69, 9.17) is 18.5 Å². The van der Waals surface area contributed by atoms with E-state index in [2.05, 4.69) is 98.9 Å². The van der Waals surface area contributed by atoms with Gasteiger partial charge in [0.2, 0.25) is 0 Å². The molecule has 0 aliphatic rings. The first-order chi connectivity index (χ1) is 33.6. The lowest BCUT2D eigenvalue weighted by atomic mass is 10.0. The number of nitrogens with zero attached hydrogens (tertiary/aromatic N) is 1. The zero-order chi connectivity index (χ0) is 50.5. The highest BCUT2D eigenvalue weighted by atomic mass is 31.2. The van der Waals surface area contributed by atoms with Crippen molar-refractivity contribution in [2.45, 2.75) is 238 Å². The number of allylic oxidation sites excluding steroid dienone is 14. The lowest BCUT2D eigenvalue weighted by Crippen LogP contribution is -2.37. The number of carbonyl (C=O) groups excluding carboxylic acids is 1. The summed E-state index contributed by atoms with van der Waals surface area (Å²) in [4.78, 5) is 25.3. The molecule has 0 rings (SSSR count). The van der Waals surface area contributed by atoms with Gasteiger partial charge < -0.3 is 27.9 Å². The molecule has 0 N–H and O–H groups in total. The van der Waals surface area contributed by atoms with Crippen LogP contribution in [0.1, 0.15) is 232 Å². The molecule has 0 aliphatic carbocycles. The van der Waals surface area contributed by atoms with E-state index in [1.54, 1.807) is 0 Å². The third kappa shape index (κ3) is 56.5. The molecule has 69 heavy (non-hydrogen) atoms. The minimum atomic E-state index is -4.54. The van der Waals surface area contributed by atoms with Crippen LogP contribution in [0.25, 0.3) is 0 Å². The predicted molar refractivity (Wildman–Crippen MR) is 295 cm³/mol.